The number of ether oxygens (including phenoxy) is 1. The van der Waals surface area contributed by atoms with Gasteiger partial charge in [-0.05, 0) is 44.2 Å². The number of aryl methyl sites for hydroxylation is 1. The van der Waals surface area contributed by atoms with E-state index < -0.39 is 12.1 Å². The number of esters is 1. The Morgan fingerprint density at radius 3 is 2.68 bits per heavy atom. The van der Waals surface area contributed by atoms with E-state index >= 15 is 0 Å². The summed E-state index contributed by atoms with van der Waals surface area (Å²) >= 11 is 1.38. The largest absolute Gasteiger partial charge is 0.448 e. The average Bonchev–Trinajstić information content (AvgIpc) is 2.90. The van der Waals surface area contributed by atoms with Crippen molar-refractivity contribution in [2.45, 2.75) is 59.1 Å². The Hall–Kier alpha value is -1.36. The Kier molecular flexibility index (Phi) is 5.62. The smallest absolute Gasteiger partial charge is 0.349 e. The Labute approximate surface area is 136 Å². The average molecular weight is 323 g/mol. The molecule has 0 spiro atoms. The highest BCUT2D eigenvalue weighted by atomic mass is 32.1. The number of thiophene rings is 1. The third-order valence-corrected chi connectivity index (χ3v) is 5.61. The Balaban J connectivity index is 1.88. The van der Waals surface area contributed by atoms with Crippen LogP contribution in [0.4, 0.5) is 0 Å². The third-order valence-electron chi connectivity index (χ3n) is 4.63. The van der Waals surface area contributed by atoms with Gasteiger partial charge in [0.25, 0.3) is 5.91 Å². The van der Waals surface area contributed by atoms with Crippen molar-refractivity contribution in [1.29, 1.82) is 0 Å². The molecule has 22 heavy (non-hydrogen) atoms. The third kappa shape index (κ3) is 4.09. The monoisotopic (exact) mass is 323 g/mol. The van der Waals surface area contributed by atoms with Crippen LogP contribution in [0.2, 0.25) is 0 Å². The summed E-state index contributed by atoms with van der Waals surface area (Å²) in [7, 11) is 0. The van der Waals surface area contributed by atoms with Crippen LogP contribution in [-0.4, -0.2) is 24.0 Å². The lowest BCUT2D eigenvalue weighted by molar-refractivity contribution is -0.130. The second-order valence-electron chi connectivity index (χ2n) is 6.34. The molecule has 1 amide bonds. The fraction of sp³-hybridized carbons (Fsp3) is 0.647. The first-order valence-electron chi connectivity index (χ1n) is 7.96. The maximum absolute atomic E-state index is 12.3. The molecule has 1 aromatic rings. The molecule has 2 rings (SSSR count). The van der Waals surface area contributed by atoms with Gasteiger partial charge in [-0.2, -0.15) is 0 Å². The quantitative estimate of drug-likeness (QED) is 0.862. The summed E-state index contributed by atoms with van der Waals surface area (Å²) in [4.78, 5) is 25.8. The van der Waals surface area contributed by atoms with Crippen LogP contribution in [0.15, 0.2) is 12.1 Å². The molecular weight excluding hydrogens is 298 g/mol. The van der Waals surface area contributed by atoms with Crippen LogP contribution in [0.5, 0.6) is 0 Å². The number of carbonyl (C=O) groups excluding carboxylic acids is 2. The minimum atomic E-state index is -0.765. The zero-order chi connectivity index (χ0) is 16.3. The summed E-state index contributed by atoms with van der Waals surface area (Å²) in [5, 5.41) is 3.05. The lowest BCUT2D eigenvalue weighted by Crippen LogP contribution is -2.47. The molecule has 1 aliphatic carbocycles. The van der Waals surface area contributed by atoms with Crippen molar-refractivity contribution in [1.82, 2.24) is 5.32 Å². The second-order valence-corrected chi connectivity index (χ2v) is 7.63. The van der Waals surface area contributed by atoms with Crippen LogP contribution in [0.3, 0.4) is 0 Å². The van der Waals surface area contributed by atoms with Gasteiger partial charge in [0.15, 0.2) is 6.10 Å². The molecule has 0 radical (unpaired) electrons. The lowest BCUT2D eigenvalue weighted by Gasteiger charge is -2.35. The van der Waals surface area contributed by atoms with E-state index in [0.29, 0.717) is 16.7 Å². The highest BCUT2D eigenvalue weighted by molar-refractivity contribution is 7.13. The molecule has 0 aliphatic heterocycles. The van der Waals surface area contributed by atoms with Crippen LogP contribution in [0.25, 0.3) is 0 Å². The predicted molar refractivity (Wildman–Crippen MR) is 88.0 cm³/mol. The number of hydrogen-bond donors (Lipinski definition) is 1. The standard InChI is InChI=1S/C17H25NO3S/c1-10-6-5-7-14(12(10)3)18-16(19)13(4)21-17(20)15-9-8-11(2)22-15/h8-10,12-14H,5-7H2,1-4H3,(H,18,19)/t10-,12-,13-,14+/m0/s1. The summed E-state index contributed by atoms with van der Waals surface area (Å²) in [5.41, 5.74) is 0. The van der Waals surface area contributed by atoms with E-state index in [1.807, 2.05) is 13.0 Å². The molecule has 1 heterocycles. The van der Waals surface area contributed by atoms with E-state index in [1.165, 1.54) is 17.8 Å². The molecule has 1 saturated carbocycles. The second kappa shape index (κ2) is 7.27. The zero-order valence-corrected chi connectivity index (χ0v) is 14.5. The van der Waals surface area contributed by atoms with E-state index in [2.05, 4.69) is 19.2 Å². The first-order chi connectivity index (χ1) is 10.4. The van der Waals surface area contributed by atoms with E-state index in [-0.39, 0.29) is 11.9 Å². The van der Waals surface area contributed by atoms with Crippen LogP contribution >= 0.6 is 11.3 Å². The van der Waals surface area contributed by atoms with Gasteiger partial charge in [-0.1, -0.05) is 26.7 Å². The van der Waals surface area contributed by atoms with E-state index in [4.69, 9.17) is 4.74 Å². The van der Waals surface area contributed by atoms with Gasteiger partial charge in [0, 0.05) is 10.9 Å². The van der Waals surface area contributed by atoms with E-state index in [1.54, 1.807) is 13.0 Å². The Morgan fingerprint density at radius 1 is 1.32 bits per heavy atom. The van der Waals surface area contributed by atoms with Crippen LogP contribution in [-0.2, 0) is 9.53 Å². The highest BCUT2D eigenvalue weighted by Gasteiger charge is 2.30. The van der Waals surface area contributed by atoms with Crippen molar-refractivity contribution in [3.63, 3.8) is 0 Å². The minimum absolute atomic E-state index is 0.182. The molecular formula is C17H25NO3S. The summed E-state index contributed by atoms with van der Waals surface area (Å²) in [5.74, 6) is 0.449. The van der Waals surface area contributed by atoms with E-state index in [9.17, 15) is 9.59 Å². The van der Waals surface area contributed by atoms with Gasteiger partial charge < -0.3 is 10.1 Å². The lowest BCUT2D eigenvalue weighted by atomic mass is 9.78. The van der Waals surface area contributed by atoms with Crippen LogP contribution in [0.1, 0.15) is 54.6 Å². The molecule has 4 nitrogen and oxygen atoms in total. The zero-order valence-electron chi connectivity index (χ0n) is 13.7. The molecule has 0 bridgehead atoms. The first-order valence-corrected chi connectivity index (χ1v) is 8.78. The molecule has 1 fully saturated rings. The number of amides is 1. The normalized spacial score (nSPS) is 26.3. The molecule has 1 aromatic heterocycles. The van der Waals surface area contributed by atoms with Gasteiger partial charge in [0.1, 0.15) is 4.88 Å². The van der Waals surface area contributed by atoms with Crippen molar-refractivity contribution in [2.24, 2.45) is 11.8 Å². The fourth-order valence-electron chi connectivity index (χ4n) is 2.90. The molecule has 0 saturated heterocycles. The van der Waals surface area contributed by atoms with Crippen molar-refractivity contribution >= 4 is 23.2 Å². The Morgan fingerprint density at radius 2 is 2.05 bits per heavy atom. The van der Waals surface area contributed by atoms with Gasteiger partial charge >= 0.3 is 5.97 Å². The summed E-state index contributed by atoms with van der Waals surface area (Å²) in [6, 6.07) is 3.79. The molecule has 0 aromatic carbocycles. The van der Waals surface area contributed by atoms with Gasteiger partial charge in [-0.25, -0.2) is 4.79 Å². The first kappa shape index (κ1) is 17.0. The van der Waals surface area contributed by atoms with Crippen molar-refractivity contribution in [2.75, 3.05) is 0 Å². The van der Waals surface area contributed by atoms with Gasteiger partial charge in [-0.15, -0.1) is 11.3 Å². The maximum Gasteiger partial charge on any atom is 0.349 e. The van der Waals surface area contributed by atoms with E-state index in [0.717, 1.165) is 17.7 Å². The minimum Gasteiger partial charge on any atom is -0.448 e. The number of rotatable bonds is 4. The maximum atomic E-state index is 12.3. The summed E-state index contributed by atoms with van der Waals surface area (Å²) in [6.45, 7) is 7.97. The number of nitrogens with one attached hydrogen (secondary N) is 1. The predicted octanol–water partition coefficient (Wildman–Crippen LogP) is 3.54. The van der Waals surface area contributed by atoms with Gasteiger partial charge in [-0.3, -0.25) is 4.79 Å². The van der Waals surface area contributed by atoms with Gasteiger partial charge in [0.05, 0.1) is 0 Å². The van der Waals surface area contributed by atoms with Crippen LogP contribution in [0, 0.1) is 18.8 Å². The topological polar surface area (TPSA) is 55.4 Å². The highest BCUT2D eigenvalue weighted by Crippen LogP contribution is 2.29. The fourth-order valence-corrected chi connectivity index (χ4v) is 3.65. The number of hydrogen-bond acceptors (Lipinski definition) is 4. The number of carbonyl (C=O) groups is 2. The molecule has 4 atom stereocenters. The van der Waals surface area contributed by atoms with Crippen molar-refractivity contribution in [3.05, 3.63) is 21.9 Å². The SMILES string of the molecule is Cc1ccc(C(=O)O[C@@H](C)C(=O)N[C@@H]2CCC[C@H](C)[C@@H]2C)s1. The summed E-state index contributed by atoms with van der Waals surface area (Å²) < 4.78 is 5.27. The molecule has 122 valence electrons. The molecule has 1 aliphatic rings. The molecule has 5 heteroatoms. The molecule has 1 N–H and O–H groups in total. The van der Waals surface area contributed by atoms with Crippen molar-refractivity contribution < 1.29 is 14.3 Å². The van der Waals surface area contributed by atoms with Crippen molar-refractivity contribution in [3.8, 4) is 0 Å². The molecule has 0 unspecified atom stereocenters. The van der Waals surface area contributed by atoms with Gasteiger partial charge in [0.2, 0.25) is 0 Å². The summed E-state index contributed by atoms with van der Waals surface area (Å²) in [6.07, 6.45) is 2.59. The Bertz CT molecular complexity index is 540. The van der Waals surface area contributed by atoms with Crippen LogP contribution < -0.4 is 5.32 Å².